The Hall–Kier alpha value is -3.52. The lowest BCUT2D eigenvalue weighted by Crippen LogP contribution is -2.13. The van der Waals surface area contributed by atoms with Gasteiger partial charge in [0.1, 0.15) is 17.3 Å². The standard InChI is InChI=1S/C22H17FN4O2S/c1-13-16(11-24-27(13)19-5-3-2-4-17(19)23)21(28)26-22-25-18(12-30-22)14-6-7-20-15(10-14)8-9-29-20/h2-7,10-12H,8-9H2,1H3,(H,25,26,28). The van der Waals surface area contributed by atoms with Crippen LogP contribution >= 0.6 is 11.3 Å². The molecule has 0 fully saturated rings. The number of thiazole rings is 1. The maximum absolute atomic E-state index is 14.1. The van der Waals surface area contributed by atoms with Crippen molar-refractivity contribution in [2.45, 2.75) is 13.3 Å². The quantitative estimate of drug-likeness (QED) is 0.523. The van der Waals surface area contributed by atoms with Crippen molar-refractivity contribution >= 4 is 22.4 Å². The number of carbonyl (C=O) groups excluding carboxylic acids is 1. The second-order valence-corrected chi connectivity index (χ2v) is 7.78. The van der Waals surface area contributed by atoms with Gasteiger partial charge in [0.2, 0.25) is 0 Å². The first-order valence-corrected chi connectivity index (χ1v) is 10.3. The molecule has 1 aliphatic rings. The van der Waals surface area contributed by atoms with E-state index in [1.54, 1.807) is 25.1 Å². The molecule has 0 unspecified atom stereocenters. The fourth-order valence-corrected chi connectivity index (χ4v) is 4.19. The Morgan fingerprint density at radius 1 is 1.27 bits per heavy atom. The number of anilines is 1. The van der Waals surface area contributed by atoms with Gasteiger partial charge < -0.3 is 4.74 Å². The van der Waals surface area contributed by atoms with Crippen molar-refractivity contribution < 1.29 is 13.9 Å². The van der Waals surface area contributed by atoms with Crippen molar-refractivity contribution in [1.82, 2.24) is 14.8 Å². The highest BCUT2D eigenvalue weighted by atomic mass is 32.1. The average molecular weight is 420 g/mol. The molecule has 0 saturated heterocycles. The number of fused-ring (bicyclic) bond motifs is 1. The topological polar surface area (TPSA) is 69.0 Å². The van der Waals surface area contributed by atoms with Crippen molar-refractivity contribution in [2.24, 2.45) is 0 Å². The molecule has 1 aliphatic heterocycles. The van der Waals surface area contributed by atoms with E-state index in [-0.39, 0.29) is 5.91 Å². The minimum Gasteiger partial charge on any atom is -0.493 e. The lowest BCUT2D eigenvalue weighted by molar-refractivity contribution is 0.102. The van der Waals surface area contributed by atoms with Crippen LogP contribution < -0.4 is 10.1 Å². The summed E-state index contributed by atoms with van der Waals surface area (Å²) in [6.45, 7) is 2.44. The molecule has 3 heterocycles. The van der Waals surface area contributed by atoms with E-state index in [4.69, 9.17) is 4.74 Å². The summed E-state index contributed by atoms with van der Waals surface area (Å²) in [4.78, 5) is 17.3. The Labute approximate surface area is 176 Å². The number of carbonyl (C=O) groups is 1. The van der Waals surface area contributed by atoms with Crippen LogP contribution in [0.3, 0.4) is 0 Å². The van der Waals surface area contributed by atoms with E-state index in [0.29, 0.717) is 28.7 Å². The Morgan fingerprint density at radius 3 is 3.00 bits per heavy atom. The molecule has 0 atom stereocenters. The minimum absolute atomic E-state index is 0.297. The average Bonchev–Trinajstić information content (AvgIpc) is 3.47. The predicted octanol–water partition coefficient (Wildman–Crippen LogP) is 4.63. The highest BCUT2D eigenvalue weighted by Crippen LogP contribution is 2.32. The zero-order chi connectivity index (χ0) is 20.7. The van der Waals surface area contributed by atoms with Gasteiger partial charge in [-0.15, -0.1) is 11.3 Å². The third kappa shape index (κ3) is 3.25. The van der Waals surface area contributed by atoms with E-state index in [1.807, 2.05) is 17.5 Å². The zero-order valence-corrected chi connectivity index (χ0v) is 16.9. The number of benzene rings is 2. The third-order valence-electron chi connectivity index (χ3n) is 5.04. The molecule has 0 bridgehead atoms. The Balaban J connectivity index is 1.36. The number of nitrogens with zero attached hydrogens (tertiary/aromatic N) is 3. The predicted molar refractivity (Wildman–Crippen MR) is 113 cm³/mol. The molecule has 2 aromatic carbocycles. The first-order chi connectivity index (χ1) is 14.6. The van der Waals surface area contributed by atoms with Crippen molar-refractivity contribution in [1.29, 1.82) is 0 Å². The van der Waals surface area contributed by atoms with Gasteiger partial charge in [0.05, 0.1) is 29.8 Å². The third-order valence-corrected chi connectivity index (χ3v) is 5.80. The summed E-state index contributed by atoms with van der Waals surface area (Å²) in [5.41, 5.74) is 4.16. The summed E-state index contributed by atoms with van der Waals surface area (Å²) in [6.07, 6.45) is 2.33. The van der Waals surface area contributed by atoms with E-state index in [2.05, 4.69) is 21.5 Å². The van der Waals surface area contributed by atoms with Crippen LogP contribution in [-0.4, -0.2) is 27.3 Å². The van der Waals surface area contributed by atoms with E-state index < -0.39 is 5.82 Å². The molecule has 30 heavy (non-hydrogen) atoms. The van der Waals surface area contributed by atoms with Crippen molar-refractivity contribution in [3.05, 3.63) is 76.7 Å². The molecular formula is C22H17FN4O2S. The van der Waals surface area contributed by atoms with Crippen LogP contribution in [0.5, 0.6) is 5.75 Å². The lowest BCUT2D eigenvalue weighted by Gasteiger charge is -2.06. The number of hydrogen-bond acceptors (Lipinski definition) is 5. The summed E-state index contributed by atoms with van der Waals surface area (Å²) < 4.78 is 21.0. The fourth-order valence-electron chi connectivity index (χ4n) is 3.47. The van der Waals surface area contributed by atoms with Gasteiger partial charge in [-0.2, -0.15) is 5.10 Å². The van der Waals surface area contributed by atoms with Gasteiger partial charge in [0, 0.05) is 17.4 Å². The molecule has 1 N–H and O–H groups in total. The number of rotatable bonds is 4. The van der Waals surface area contributed by atoms with Crippen molar-refractivity contribution in [3.63, 3.8) is 0 Å². The highest BCUT2D eigenvalue weighted by Gasteiger charge is 2.19. The zero-order valence-electron chi connectivity index (χ0n) is 16.1. The summed E-state index contributed by atoms with van der Waals surface area (Å²) >= 11 is 1.35. The van der Waals surface area contributed by atoms with Gasteiger partial charge in [0.15, 0.2) is 5.13 Å². The number of halogens is 1. The Morgan fingerprint density at radius 2 is 2.13 bits per heavy atom. The van der Waals surface area contributed by atoms with E-state index in [9.17, 15) is 9.18 Å². The summed E-state index contributed by atoms with van der Waals surface area (Å²) in [7, 11) is 0. The van der Waals surface area contributed by atoms with Gasteiger partial charge in [-0.05, 0) is 42.8 Å². The van der Waals surface area contributed by atoms with Gasteiger partial charge >= 0.3 is 0 Å². The highest BCUT2D eigenvalue weighted by molar-refractivity contribution is 7.14. The fraction of sp³-hybridized carbons (Fsp3) is 0.136. The molecular weight excluding hydrogens is 403 g/mol. The first kappa shape index (κ1) is 18.5. The van der Waals surface area contributed by atoms with E-state index >= 15 is 0 Å². The van der Waals surface area contributed by atoms with Gasteiger partial charge in [-0.25, -0.2) is 14.1 Å². The molecule has 6 nitrogen and oxygen atoms in total. The van der Waals surface area contributed by atoms with Gasteiger partial charge in [0.25, 0.3) is 5.91 Å². The largest absolute Gasteiger partial charge is 0.493 e. The number of para-hydroxylation sites is 1. The molecule has 4 aromatic rings. The second kappa shape index (κ2) is 7.38. The van der Waals surface area contributed by atoms with Crippen LogP contribution in [0.15, 0.2) is 54.0 Å². The number of aromatic nitrogens is 3. The van der Waals surface area contributed by atoms with Crippen LogP contribution in [0.1, 0.15) is 21.6 Å². The lowest BCUT2D eigenvalue weighted by atomic mass is 10.1. The van der Waals surface area contributed by atoms with Crippen LogP contribution in [0.4, 0.5) is 9.52 Å². The SMILES string of the molecule is Cc1c(C(=O)Nc2nc(-c3ccc4c(c3)CCO4)cs2)cnn1-c1ccccc1F. The van der Waals surface area contributed by atoms with Crippen LogP contribution in [0.25, 0.3) is 16.9 Å². The maximum atomic E-state index is 14.1. The molecule has 150 valence electrons. The van der Waals surface area contributed by atoms with Crippen LogP contribution in [0, 0.1) is 12.7 Å². The summed E-state index contributed by atoms with van der Waals surface area (Å²) in [5, 5.41) is 9.40. The van der Waals surface area contributed by atoms with Gasteiger partial charge in [-0.3, -0.25) is 10.1 Å². The number of nitrogens with one attached hydrogen (secondary N) is 1. The summed E-state index contributed by atoms with van der Waals surface area (Å²) in [5.74, 6) is 0.183. The normalized spacial score (nSPS) is 12.5. The summed E-state index contributed by atoms with van der Waals surface area (Å²) in [6, 6.07) is 12.3. The molecule has 8 heteroatoms. The molecule has 1 amide bonds. The maximum Gasteiger partial charge on any atom is 0.260 e. The smallest absolute Gasteiger partial charge is 0.260 e. The molecule has 0 radical (unpaired) electrons. The second-order valence-electron chi connectivity index (χ2n) is 6.92. The van der Waals surface area contributed by atoms with E-state index in [1.165, 1.54) is 33.8 Å². The van der Waals surface area contributed by atoms with Crippen LogP contribution in [0.2, 0.25) is 0 Å². The molecule has 2 aromatic heterocycles. The molecule has 0 saturated carbocycles. The number of ether oxygens (including phenoxy) is 1. The Bertz CT molecular complexity index is 1260. The Kier molecular flexibility index (Phi) is 4.55. The van der Waals surface area contributed by atoms with E-state index in [0.717, 1.165) is 23.4 Å². The van der Waals surface area contributed by atoms with Gasteiger partial charge in [-0.1, -0.05) is 12.1 Å². The molecule has 5 rings (SSSR count). The first-order valence-electron chi connectivity index (χ1n) is 9.42. The van der Waals surface area contributed by atoms with Crippen molar-refractivity contribution in [3.8, 4) is 22.7 Å². The minimum atomic E-state index is -0.403. The number of hydrogen-bond donors (Lipinski definition) is 1. The molecule has 0 spiro atoms. The van der Waals surface area contributed by atoms with Crippen LogP contribution in [-0.2, 0) is 6.42 Å². The van der Waals surface area contributed by atoms with Crippen molar-refractivity contribution in [2.75, 3.05) is 11.9 Å². The monoisotopic (exact) mass is 420 g/mol. The number of amides is 1. The molecule has 0 aliphatic carbocycles.